The molecule has 0 radical (unpaired) electrons. The van der Waals surface area contributed by atoms with Crippen LogP contribution in [0, 0.1) is 23.2 Å². The molecule has 1 aliphatic carbocycles. The Balaban J connectivity index is 2.46. The van der Waals surface area contributed by atoms with Gasteiger partial charge in [-0.3, -0.25) is 9.59 Å². The standard InChI is InChI=1S/C41H61Cl3O7Si/c1-14-30-23-32(31-21-16-15-17-22-31)28(5)36(30)49-34(45)24-33(51-52(12,13)39(7,8)9)40(10,11)37(46)29(6)35(27(4)20-18-19-26(2)3)50-38(47)48-25-41(42,43)44/h14-17,21-22,27,29-30,33,35-36H,1-2,18-20,23-25H2,3-13H3/t27-,29+,30+,33-,35-,36+/m0/s1. The van der Waals surface area contributed by atoms with Crippen molar-refractivity contribution in [2.45, 2.75) is 135 Å². The molecule has 292 valence electrons. The number of esters is 1. The van der Waals surface area contributed by atoms with Crippen molar-refractivity contribution in [3.8, 4) is 0 Å². The van der Waals surface area contributed by atoms with E-state index in [0.29, 0.717) is 12.8 Å². The van der Waals surface area contributed by atoms with Gasteiger partial charge in [0.05, 0.1) is 18.4 Å². The molecule has 2 rings (SSSR count). The lowest BCUT2D eigenvalue weighted by atomic mass is 9.73. The molecule has 0 spiro atoms. The van der Waals surface area contributed by atoms with Crippen LogP contribution >= 0.6 is 34.8 Å². The number of alkyl halides is 3. The molecule has 0 saturated carbocycles. The molecule has 1 aromatic carbocycles. The number of ether oxygens (including phenoxy) is 3. The molecular weight excluding hydrogens is 739 g/mol. The van der Waals surface area contributed by atoms with Gasteiger partial charge in [-0.1, -0.05) is 125 Å². The van der Waals surface area contributed by atoms with Crippen LogP contribution in [-0.2, 0) is 28.2 Å². The maximum Gasteiger partial charge on any atom is 0.508 e. The SMILES string of the molecule is C=C[C@@H]1CC(c2ccccc2)=C(C)[C@H]1OC(=O)C[C@H](O[Si](C)(C)C(C)(C)C)C(C)(C)C(=O)[C@H](C)[C@@H](OC(=O)OCC(Cl)(Cl)Cl)[C@@H](C)CCCC(=C)C. The molecular formula is C41H61Cl3O7Si. The van der Waals surface area contributed by atoms with Gasteiger partial charge in [-0.2, -0.15) is 0 Å². The van der Waals surface area contributed by atoms with Crippen LogP contribution in [0.5, 0.6) is 0 Å². The van der Waals surface area contributed by atoms with Crippen LogP contribution < -0.4 is 0 Å². The van der Waals surface area contributed by atoms with Crippen molar-refractivity contribution in [3.05, 3.63) is 66.3 Å². The van der Waals surface area contributed by atoms with Gasteiger partial charge in [0.15, 0.2) is 8.32 Å². The summed E-state index contributed by atoms with van der Waals surface area (Å²) < 4.78 is 22.3. The molecule has 6 atom stereocenters. The molecule has 0 fully saturated rings. The maximum atomic E-state index is 14.7. The van der Waals surface area contributed by atoms with E-state index in [1.54, 1.807) is 20.8 Å². The zero-order valence-corrected chi connectivity index (χ0v) is 36.3. The van der Waals surface area contributed by atoms with Crippen LogP contribution in [0.15, 0.2) is 60.7 Å². The second-order valence-electron chi connectivity index (χ2n) is 16.6. The van der Waals surface area contributed by atoms with Gasteiger partial charge < -0.3 is 18.6 Å². The predicted molar refractivity (Wildman–Crippen MR) is 216 cm³/mol. The van der Waals surface area contributed by atoms with Gasteiger partial charge in [0.25, 0.3) is 0 Å². The highest BCUT2D eigenvalue weighted by Gasteiger charge is 2.49. The lowest BCUT2D eigenvalue weighted by Crippen LogP contribution is -2.53. The Hall–Kier alpha value is -2.10. The number of hydrogen-bond acceptors (Lipinski definition) is 7. The average Bonchev–Trinajstić information content (AvgIpc) is 3.35. The molecule has 0 saturated heterocycles. The summed E-state index contributed by atoms with van der Waals surface area (Å²) in [7, 11) is -2.53. The quantitative estimate of drug-likeness (QED) is 0.0632. The first-order valence-electron chi connectivity index (χ1n) is 18.2. The maximum absolute atomic E-state index is 14.7. The molecule has 0 unspecified atom stereocenters. The van der Waals surface area contributed by atoms with E-state index in [9.17, 15) is 14.4 Å². The molecule has 7 nitrogen and oxygen atoms in total. The third-order valence-corrected chi connectivity index (χ3v) is 15.6. The van der Waals surface area contributed by atoms with E-state index in [1.165, 1.54) is 0 Å². The summed E-state index contributed by atoms with van der Waals surface area (Å²) in [5, 5.41) is -0.209. The second-order valence-corrected chi connectivity index (χ2v) is 23.8. The Morgan fingerprint density at radius 3 is 2.15 bits per heavy atom. The van der Waals surface area contributed by atoms with E-state index in [4.69, 9.17) is 53.4 Å². The zero-order chi connectivity index (χ0) is 39.8. The summed E-state index contributed by atoms with van der Waals surface area (Å²) in [6.45, 7) is 29.2. The van der Waals surface area contributed by atoms with Crippen LogP contribution in [0.4, 0.5) is 4.79 Å². The normalized spacial score (nSPS) is 19.3. The van der Waals surface area contributed by atoms with E-state index in [2.05, 4.69) is 59.2 Å². The fourth-order valence-corrected chi connectivity index (χ4v) is 8.07. The van der Waals surface area contributed by atoms with E-state index in [1.807, 2.05) is 45.0 Å². The number of hydrogen-bond donors (Lipinski definition) is 0. The van der Waals surface area contributed by atoms with Crippen molar-refractivity contribution in [1.29, 1.82) is 0 Å². The van der Waals surface area contributed by atoms with Crippen molar-refractivity contribution in [2.24, 2.45) is 23.2 Å². The van der Waals surface area contributed by atoms with E-state index in [-0.39, 0.29) is 29.1 Å². The van der Waals surface area contributed by atoms with Crippen molar-refractivity contribution < 1.29 is 33.0 Å². The highest BCUT2D eigenvalue weighted by atomic mass is 35.6. The Morgan fingerprint density at radius 2 is 1.63 bits per heavy atom. The van der Waals surface area contributed by atoms with E-state index < -0.39 is 60.5 Å². The fraction of sp³-hybridized carbons (Fsp3) is 0.634. The van der Waals surface area contributed by atoms with Gasteiger partial charge in [-0.15, -0.1) is 13.2 Å². The largest absolute Gasteiger partial charge is 0.508 e. The Bertz CT molecular complexity index is 1440. The molecule has 52 heavy (non-hydrogen) atoms. The van der Waals surface area contributed by atoms with Crippen molar-refractivity contribution >= 4 is 66.6 Å². The summed E-state index contributed by atoms with van der Waals surface area (Å²) in [4.78, 5) is 41.5. The summed E-state index contributed by atoms with van der Waals surface area (Å²) >= 11 is 17.4. The first-order chi connectivity index (χ1) is 23.8. The molecule has 1 aliphatic rings. The monoisotopic (exact) mass is 798 g/mol. The fourth-order valence-electron chi connectivity index (χ4n) is 6.46. The van der Waals surface area contributed by atoms with Gasteiger partial charge in [0.2, 0.25) is 3.79 Å². The lowest BCUT2D eigenvalue weighted by molar-refractivity contribution is -0.154. The summed E-state index contributed by atoms with van der Waals surface area (Å²) in [6, 6.07) is 10.1. The molecule has 0 heterocycles. The van der Waals surface area contributed by atoms with Crippen LogP contribution in [0.2, 0.25) is 18.1 Å². The molecule has 0 aliphatic heterocycles. The number of benzene rings is 1. The van der Waals surface area contributed by atoms with Gasteiger partial charge in [0, 0.05) is 11.3 Å². The number of allylic oxidation sites excluding steroid dienone is 2. The molecule has 11 heteroatoms. The van der Waals surface area contributed by atoms with Crippen molar-refractivity contribution in [1.82, 2.24) is 0 Å². The van der Waals surface area contributed by atoms with Gasteiger partial charge in [-0.05, 0) is 80.3 Å². The molecule has 0 amide bonds. The Labute approximate surface area is 328 Å². The minimum Gasteiger partial charge on any atom is -0.457 e. The number of ketones is 1. The number of carbonyl (C=O) groups is 3. The Kier molecular flexibility index (Phi) is 16.8. The van der Waals surface area contributed by atoms with Gasteiger partial charge >= 0.3 is 12.1 Å². The first kappa shape index (κ1) is 46.1. The first-order valence-corrected chi connectivity index (χ1v) is 22.2. The number of rotatable bonds is 18. The second kappa shape index (κ2) is 19.0. The summed E-state index contributed by atoms with van der Waals surface area (Å²) in [5.41, 5.74) is 3.05. The number of Topliss-reactive ketones (excluding diaryl/α,β-unsaturated/α-hetero) is 1. The third kappa shape index (κ3) is 13.0. The topological polar surface area (TPSA) is 88.1 Å². The van der Waals surface area contributed by atoms with Crippen LogP contribution in [0.1, 0.15) is 100.0 Å². The summed E-state index contributed by atoms with van der Waals surface area (Å²) in [5.74, 6) is -1.79. The molecule has 0 N–H and O–H groups in total. The summed E-state index contributed by atoms with van der Waals surface area (Å²) in [6.07, 6.45) is 1.44. The number of carbonyl (C=O) groups excluding carboxylic acids is 3. The number of halogens is 3. The minimum absolute atomic E-state index is 0.0841. The third-order valence-electron chi connectivity index (χ3n) is 10.8. The highest BCUT2D eigenvalue weighted by Crippen LogP contribution is 2.44. The van der Waals surface area contributed by atoms with Crippen molar-refractivity contribution in [3.63, 3.8) is 0 Å². The predicted octanol–water partition coefficient (Wildman–Crippen LogP) is 11.9. The van der Waals surface area contributed by atoms with E-state index in [0.717, 1.165) is 35.1 Å². The smallest absolute Gasteiger partial charge is 0.457 e. The molecule has 0 bridgehead atoms. The van der Waals surface area contributed by atoms with Gasteiger partial charge in [0.1, 0.15) is 24.6 Å². The molecule has 0 aromatic heterocycles. The van der Waals surface area contributed by atoms with Crippen molar-refractivity contribution in [2.75, 3.05) is 6.61 Å². The van der Waals surface area contributed by atoms with E-state index >= 15 is 0 Å². The van der Waals surface area contributed by atoms with Crippen LogP contribution in [-0.4, -0.2) is 54.9 Å². The van der Waals surface area contributed by atoms with Crippen LogP contribution in [0.3, 0.4) is 0 Å². The average molecular weight is 800 g/mol. The van der Waals surface area contributed by atoms with Crippen LogP contribution in [0.25, 0.3) is 5.57 Å². The highest BCUT2D eigenvalue weighted by molar-refractivity contribution is 6.74. The lowest BCUT2D eigenvalue weighted by Gasteiger charge is -2.44. The zero-order valence-electron chi connectivity index (χ0n) is 33.1. The molecule has 1 aromatic rings. The Morgan fingerprint density at radius 1 is 1.04 bits per heavy atom. The minimum atomic E-state index is -2.53. The van der Waals surface area contributed by atoms with Gasteiger partial charge in [-0.25, -0.2) is 4.79 Å².